The SMILES string of the molecule is COC(=O)CC(NC(=O)[C@@H](C)N)c1ccc(OC(F)(F)F)cc1. The standard InChI is InChI=1S/C14H17F3N2O4/c1-8(18)13(21)19-11(7-12(20)22-2)9-3-5-10(6-4-9)23-14(15,16)17/h3-6,8,11H,7,18H2,1-2H3,(H,19,21)/t8-,11?/m1/s1. The maximum Gasteiger partial charge on any atom is 0.573 e. The van der Waals surface area contributed by atoms with Crippen LogP contribution in [0.25, 0.3) is 0 Å². The Morgan fingerprint density at radius 2 is 1.83 bits per heavy atom. The van der Waals surface area contributed by atoms with Gasteiger partial charge >= 0.3 is 12.3 Å². The third kappa shape index (κ3) is 6.55. The zero-order valence-electron chi connectivity index (χ0n) is 12.5. The largest absolute Gasteiger partial charge is 0.573 e. The van der Waals surface area contributed by atoms with Gasteiger partial charge in [-0.3, -0.25) is 9.59 Å². The summed E-state index contributed by atoms with van der Waals surface area (Å²) in [5, 5.41) is 2.54. The van der Waals surface area contributed by atoms with Gasteiger partial charge < -0.3 is 20.5 Å². The van der Waals surface area contributed by atoms with Crippen LogP contribution >= 0.6 is 0 Å². The predicted molar refractivity (Wildman–Crippen MR) is 74.3 cm³/mol. The topological polar surface area (TPSA) is 90.7 Å². The number of nitrogens with two attached hydrogens (primary N) is 1. The van der Waals surface area contributed by atoms with E-state index in [1.165, 1.54) is 26.2 Å². The molecule has 0 heterocycles. The van der Waals surface area contributed by atoms with Crippen LogP contribution in [0.5, 0.6) is 5.75 Å². The monoisotopic (exact) mass is 334 g/mol. The summed E-state index contributed by atoms with van der Waals surface area (Å²) in [7, 11) is 1.19. The van der Waals surface area contributed by atoms with Crippen molar-refractivity contribution in [3.05, 3.63) is 29.8 Å². The van der Waals surface area contributed by atoms with Gasteiger partial charge in [-0.2, -0.15) is 0 Å². The molecule has 6 nitrogen and oxygen atoms in total. The number of nitrogens with one attached hydrogen (secondary N) is 1. The van der Waals surface area contributed by atoms with E-state index >= 15 is 0 Å². The number of methoxy groups -OCH3 is 1. The molecule has 0 bridgehead atoms. The number of halogens is 3. The fourth-order valence-corrected chi connectivity index (χ4v) is 1.71. The summed E-state index contributed by atoms with van der Waals surface area (Å²) >= 11 is 0. The number of alkyl halides is 3. The molecule has 3 N–H and O–H groups in total. The molecule has 0 aliphatic rings. The first-order valence-corrected chi connectivity index (χ1v) is 6.61. The zero-order valence-corrected chi connectivity index (χ0v) is 12.5. The molecular formula is C14H17F3N2O4. The maximum atomic E-state index is 12.1. The number of ether oxygens (including phenoxy) is 2. The number of carbonyl (C=O) groups excluding carboxylic acids is 2. The Bertz CT molecular complexity index is 544. The van der Waals surface area contributed by atoms with E-state index in [2.05, 4.69) is 14.8 Å². The first kappa shape index (κ1) is 18.8. The van der Waals surface area contributed by atoms with Gasteiger partial charge in [-0.15, -0.1) is 13.2 Å². The van der Waals surface area contributed by atoms with Crippen LogP contribution in [0, 0.1) is 0 Å². The molecule has 0 radical (unpaired) electrons. The van der Waals surface area contributed by atoms with Crippen molar-refractivity contribution >= 4 is 11.9 Å². The molecule has 1 aromatic carbocycles. The lowest BCUT2D eigenvalue weighted by molar-refractivity contribution is -0.274. The third-order valence-electron chi connectivity index (χ3n) is 2.84. The van der Waals surface area contributed by atoms with Crippen molar-refractivity contribution in [2.45, 2.75) is 31.8 Å². The minimum absolute atomic E-state index is 0.186. The van der Waals surface area contributed by atoms with Crippen LogP contribution in [0.2, 0.25) is 0 Å². The van der Waals surface area contributed by atoms with Gasteiger partial charge in [0.2, 0.25) is 5.91 Å². The van der Waals surface area contributed by atoms with Crippen molar-refractivity contribution in [1.29, 1.82) is 0 Å². The Morgan fingerprint density at radius 1 is 1.26 bits per heavy atom. The Morgan fingerprint density at radius 3 is 2.26 bits per heavy atom. The summed E-state index contributed by atoms with van der Waals surface area (Å²) in [6.45, 7) is 1.46. The zero-order chi connectivity index (χ0) is 17.6. The molecule has 1 aromatic rings. The molecule has 1 unspecified atom stereocenters. The Labute approximate surface area is 130 Å². The lowest BCUT2D eigenvalue weighted by atomic mass is 10.0. The van der Waals surface area contributed by atoms with E-state index in [4.69, 9.17) is 5.73 Å². The highest BCUT2D eigenvalue weighted by Crippen LogP contribution is 2.25. The first-order valence-electron chi connectivity index (χ1n) is 6.61. The lowest BCUT2D eigenvalue weighted by Crippen LogP contribution is -2.41. The number of hydrogen-bond donors (Lipinski definition) is 2. The van der Waals surface area contributed by atoms with Gasteiger partial charge in [0.15, 0.2) is 0 Å². The summed E-state index contributed by atoms with van der Waals surface area (Å²) in [6.07, 6.45) is -4.98. The average molecular weight is 334 g/mol. The van der Waals surface area contributed by atoms with Gasteiger partial charge in [0, 0.05) is 0 Å². The van der Waals surface area contributed by atoms with Gasteiger partial charge in [0.1, 0.15) is 5.75 Å². The molecule has 0 aliphatic heterocycles. The van der Waals surface area contributed by atoms with E-state index in [1.54, 1.807) is 0 Å². The van der Waals surface area contributed by atoms with Gasteiger partial charge in [-0.1, -0.05) is 12.1 Å². The van der Waals surface area contributed by atoms with Crippen molar-refractivity contribution in [2.24, 2.45) is 5.73 Å². The first-order chi connectivity index (χ1) is 10.6. The molecule has 1 amide bonds. The fraction of sp³-hybridized carbons (Fsp3) is 0.429. The average Bonchev–Trinajstić information content (AvgIpc) is 2.45. The van der Waals surface area contributed by atoms with Crippen LogP contribution in [0.1, 0.15) is 24.9 Å². The van der Waals surface area contributed by atoms with Crippen molar-refractivity contribution in [3.63, 3.8) is 0 Å². The molecule has 0 aliphatic carbocycles. The van der Waals surface area contributed by atoms with Gasteiger partial charge in [0.25, 0.3) is 0 Å². The predicted octanol–water partition coefficient (Wildman–Crippen LogP) is 1.65. The molecule has 0 aromatic heterocycles. The van der Waals surface area contributed by atoms with E-state index in [9.17, 15) is 22.8 Å². The van der Waals surface area contributed by atoms with Crippen LogP contribution in [0.15, 0.2) is 24.3 Å². The number of hydrogen-bond acceptors (Lipinski definition) is 5. The molecule has 0 spiro atoms. The smallest absolute Gasteiger partial charge is 0.469 e. The van der Waals surface area contributed by atoms with Crippen molar-refractivity contribution in [3.8, 4) is 5.75 Å². The van der Waals surface area contributed by atoms with Crippen LogP contribution in [-0.4, -0.2) is 31.4 Å². The Hall–Kier alpha value is -2.29. The van der Waals surface area contributed by atoms with E-state index < -0.39 is 36.1 Å². The minimum Gasteiger partial charge on any atom is -0.469 e. The normalized spacial score (nSPS) is 13.8. The summed E-state index contributed by atoms with van der Waals surface area (Å²) in [5.41, 5.74) is 5.86. The second kappa shape index (κ2) is 7.82. The molecule has 0 saturated carbocycles. The molecule has 23 heavy (non-hydrogen) atoms. The second-order valence-corrected chi connectivity index (χ2v) is 4.75. The van der Waals surface area contributed by atoms with Crippen LogP contribution in [-0.2, 0) is 14.3 Å². The van der Waals surface area contributed by atoms with E-state index in [0.717, 1.165) is 12.1 Å². The molecule has 1 rings (SSSR count). The van der Waals surface area contributed by atoms with Crippen LogP contribution < -0.4 is 15.8 Å². The van der Waals surface area contributed by atoms with Crippen molar-refractivity contribution in [1.82, 2.24) is 5.32 Å². The molecule has 0 fully saturated rings. The molecule has 2 atom stereocenters. The number of carbonyl (C=O) groups is 2. The minimum atomic E-state index is -4.80. The van der Waals surface area contributed by atoms with Crippen molar-refractivity contribution < 1.29 is 32.2 Å². The van der Waals surface area contributed by atoms with E-state index in [-0.39, 0.29) is 6.42 Å². The number of amides is 1. The second-order valence-electron chi connectivity index (χ2n) is 4.75. The summed E-state index contributed by atoms with van der Waals surface area (Å²) in [5.74, 6) is -1.50. The van der Waals surface area contributed by atoms with Crippen molar-refractivity contribution in [2.75, 3.05) is 7.11 Å². The van der Waals surface area contributed by atoms with Crippen LogP contribution in [0.4, 0.5) is 13.2 Å². The number of rotatable bonds is 6. The van der Waals surface area contributed by atoms with Crippen LogP contribution in [0.3, 0.4) is 0 Å². The summed E-state index contributed by atoms with van der Waals surface area (Å²) in [4.78, 5) is 23.1. The van der Waals surface area contributed by atoms with E-state index in [0.29, 0.717) is 5.56 Å². The quantitative estimate of drug-likeness (QED) is 0.772. The highest BCUT2D eigenvalue weighted by Gasteiger charge is 2.31. The summed E-state index contributed by atoms with van der Waals surface area (Å²) < 4.78 is 44.7. The van der Waals surface area contributed by atoms with E-state index in [1.807, 2.05) is 0 Å². The Kier molecular flexibility index (Phi) is 6.38. The van der Waals surface area contributed by atoms with Gasteiger partial charge in [-0.05, 0) is 24.6 Å². The number of benzene rings is 1. The maximum absolute atomic E-state index is 12.1. The highest BCUT2D eigenvalue weighted by molar-refractivity contribution is 5.82. The molecule has 128 valence electrons. The third-order valence-corrected chi connectivity index (χ3v) is 2.84. The summed E-state index contributed by atoms with van der Waals surface area (Å²) in [6, 6.07) is 3.23. The highest BCUT2D eigenvalue weighted by atomic mass is 19.4. The molecule has 9 heteroatoms. The molecular weight excluding hydrogens is 317 g/mol. The number of esters is 1. The fourth-order valence-electron chi connectivity index (χ4n) is 1.71. The van der Waals surface area contributed by atoms with Gasteiger partial charge in [0.05, 0.1) is 25.6 Å². The van der Waals surface area contributed by atoms with Gasteiger partial charge in [-0.25, -0.2) is 0 Å². The molecule has 0 saturated heterocycles. The lowest BCUT2D eigenvalue weighted by Gasteiger charge is -2.20. The Balaban J connectivity index is 2.92.